The molecule has 0 amide bonds. The molecule has 9 aromatic rings. The minimum Gasteiger partial charge on any atom is -0.310 e. The third kappa shape index (κ3) is 6.03. The Hall–Kier alpha value is -6.96. The average Bonchev–Trinajstić information content (AvgIpc) is 3.60. The summed E-state index contributed by atoms with van der Waals surface area (Å²) in [5, 5.41) is 2.63. The van der Waals surface area contributed by atoms with E-state index >= 15 is 0 Å². The van der Waals surface area contributed by atoms with Gasteiger partial charge in [-0.25, -0.2) is 0 Å². The summed E-state index contributed by atoms with van der Waals surface area (Å²) < 4.78 is 0. The Bertz CT molecular complexity index is 2720. The van der Waals surface area contributed by atoms with E-state index in [9.17, 15) is 0 Å². The molecule has 0 fully saturated rings. The van der Waals surface area contributed by atoms with Crippen molar-refractivity contribution in [2.75, 3.05) is 4.90 Å². The molecule has 0 aromatic heterocycles. The molecule has 0 bridgehead atoms. The number of hydrogen-bond donors (Lipinski definition) is 0. The van der Waals surface area contributed by atoms with Crippen LogP contribution in [0.3, 0.4) is 0 Å². The maximum atomic E-state index is 2.61. The van der Waals surface area contributed by atoms with Crippen LogP contribution in [0.2, 0.25) is 0 Å². The molecule has 1 nitrogen and oxygen atoms in total. The van der Waals surface area contributed by atoms with Gasteiger partial charge in [-0.2, -0.15) is 0 Å². The first-order valence-corrected chi connectivity index (χ1v) is 20.5. The number of benzene rings is 9. The number of fused-ring (bicyclic) bond motifs is 5. The second-order valence-corrected chi connectivity index (χ2v) is 15.6. The Morgan fingerprint density at radius 2 is 0.914 bits per heavy atom. The highest BCUT2D eigenvalue weighted by molar-refractivity contribution is 6.06. The van der Waals surface area contributed by atoms with Gasteiger partial charge in [0, 0.05) is 17.1 Å². The zero-order chi connectivity index (χ0) is 38.9. The summed E-state index contributed by atoms with van der Waals surface area (Å²) >= 11 is 0. The Balaban J connectivity index is 1.27. The Kier molecular flexibility index (Phi) is 9.28. The van der Waals surface area contributed by atoms with E-state index in [1.54, 1.807) is 0 Å². The molecule has 58 heavy (non-hydrogen) atoms. The highest BCUT2D eigenvalue weighted by Gasteiger charge is 2.48. The van der Waals surface area contributed by atoms with Crippen LogP contribution in [0.4, 0.5) is 17.1 Å². The van der Waals surface area contributed by atoms with Crippen molar-refractivity contribution in [3.8, 4) is 11.1 Å². The lowest BCUT2D eigenvalue weighted by molar-refractivity contribution is 0.574. The van der Waals surface area contributed by atoms with Crippen LogP contribution in [0.5, 0.6) is 0 Å². The van der Waals surface area contributed by atoms with Gasteiger partial charge in [0.05, 0.1) is 5.41 Å². The minimum atomic E-state index is -0.581. The van der Waals surface area contributed by atoms with Crippen molar-refractivity contribution in [3.05, 3.63) is 269 Å². The van der Waals surface area contributed by atoms with Gasteiger partial charge < -0.3 is 4.90 Å². The molecule has 2 unspecified atom stereocenters. The quantitative estimate of drug-likeness (QED) is 0.135. The number of para-hydroxylation sites is 2. The van der Waals surface area contributed by atoms with Crippen LogP contribution < -0.4 is 4.90 Å². The van der Waals surface area contributed by atoms with Crippen LogP contribution in [-0.4, -0.2) is 0 Å². The van der Waals surface area contributed by atoms with Crippen LogP contribution in [0.15, 0.2) is 231 Å². The van der Waals surface area contributed by atoms with Crippen molar-refractivity contribution in [1.29, 1.82) is 0 Å². The van der Waals surface area contributed by atoms with Crippen molar-refractivity contribution < 1.29 is 0 Å². The Morgan fingerprint density at radius 1 is 0.431 bits per heavy atom. The fraction of sp³-hybridized carbons (Fsp3) is 0.0877. The first-order valence-electron chi connectivity index (χ1n) is 20.5. The third-order valence-electron chi connectivity index (χ3n) is 12.5. The maximum Gasteiger partial charge on any atom is 0.0714 e. The van der Waals surface area contributed by atoms with E-state index in [4.69, 9.17) is 0 Å². The minimum absolute atomic E-state index is 0.216. The lowest BCUT2D eigenvalue weighted by atomic mass is 9.66. The number of rotatable bonds is 10. The normalized spacial score (nSPS) is 13.7. The van der Waals surface area contributed by atoms with Crippen molar-refractivity contribution in [3.63, 3.8) is 0 Å². The number of nitrogens with zero attached hydrogens (tertiary/aromatic N) is 1. The first kappa shape index (κ1) is 35.5. The van der Waals surface area contributed by atoms with Crippen molar-refractivity contribution in [2.24, 2.45) is 0 Å². The van der Waals surface area contributed by atoms with Gasteiger partial charge in [-0.15, -0.1) is 0 Å². The molecule has 1 aliphatic rings. The molecule has 0 radical (unpaired) electrons. The summed E-state index contributed by atoms with van der Waals surface area (Å²) in [5.74, 6) is 0.488. The predicted octanol–water partition coefficient (Wildman–Crippen LogP) is 14.8. The monoisotopic (exact) mass is 743 g/mol. The molecule has 0 spiro atoms. The molecular weight excluding hydrogens is 699 g/mol. The highest BCUT2D eigenvalue weighted by atomic mass is 15.1. The number of anilines is 3. The van der Waals surface area contributed by atoms with Gasteiger partial charge in [-0.1, -0.05) is 201 Å². The molecule has 0 N–H and O–H groups in total. The van der Waals surface area contributed by atoms with Gasteiger partial charge in [-0.3, -0.25) is 0 Å². The van der Waals surface area contributed by atoms with Crippen molar-refractivity contribution in [1.82, 2.24) is 0 Å². The van der Waals surface area contributed by atoms with E-state index in [2.05, 4.69) is 242 Å². The summed E-state index contributed by atoms with van der Waals surface area (Å²) in [6.07, 6.45) is 0.957. The Labute approximate surface area is 342 Å². The Morgan fingerprint density at radius 3 is 1.48 bits per heavy atom. The van der Waals surface area contributed by atoms with Gasteiger partial charge in [0.25, 0.3) is 0 Å². The summed E-state index contributed by atoms with van der Waals surface area (Å²) in [7, 11) is 0. The molecule has 1 heteroatoms. The lowest BCUT2D eigenvalue weighted by Crippen LogP contribution is -2.29. The molecule has 278 valence electrons. The maximum absolute atomic E-state index is 2.61. The molecule has 9 aromatic carbocycles. The second-order valence-electron chi connectivity index (χ2n) is 15.6. The smallest absolute Gasteiger partial charge is 0.0714 e. The van der Waals surface area contributed by atoms with E-state index < -0.39 is 5.41 Å². The van der Waals surface area contributed by atoms with Gasteiger partial charge in [0.2, 0.25) is 0 Å². The van der Waals surface area contributed by atoms with Gasteiger partial charge in [-0.05, 0) is 115 Å². The van der Waals surface area contributed by atoms with Crippen LogP contribution in [0, 0.1) is 0 Å². The average molecular weight is 744 g/mol. The van der Waals surface area contributed by atoms with Crippen LogP contribution in [0.1, 0.15) is 57.7 Å². The summed E-state index contributed by atoms with van der Waals surface area (Å²) in [6.45, 7) is 2.46. The van der Waals surface area contributed by atoms with E-state index in [0.29, 0.717) is 0 Å². The van der Waals surface area contributed by atoms with Crippen LogP contribution >= 0.6 is 0 Å². The van der Waals surface area contributed by atoms with Crippen LogP contribution in [-0.2, 0) is 11.8 Å². The topological polar surface area (TPSA) is 3.24 Å². The molecular formula is C57H45N. The SMILES string of the molecule is CC(c1cc2c(c3ccccc13)-c1ccc(N(c3ccccc3)c3ccccc3)cc1C2(c1ccccc1)c1ccccc1)C(Cc1ccccc1)c1ccccc1. The van der Waals surface area contributed by atoms with Gasteiger partial charge >= 0.3 is 0 Å². The summed E-state index contributed by atoms with van der Waals surface area (Å²) in [5.41, 5.74) is 14.7. The fourth-order valence-electron chi connectivity index (χ4n) is 9.85. The molecule has 1 aliphatic carbocycles. The van der Waals surface area contributed by atoms with Gasteiger partial charge in [0.15, 0.2) is 0 Å². The fourth-order valence-corrected chi connectivity index (χ4v) is 9.85. The van der Waals surface area contributed by atoms with Gasteiger partial charge in [0.1, 0.15) is 0 Å². The predicted molar refractivity (Wildman–Crippen MR) is 244 cm³/mol. The van der Waals surface area contributed by atoms with E-state index in [1.165, 1.54) is 60.8 Å². The lowest BCUT2D eigenvalue weighted by Gasteiger charge is -2.36. The summed E-state index contributed by atoms with van der Waals surface area (Å²) in [4.78, 5) is 2.39. The zero-order valence-electron chi connectivity index (χ0n) is 32.7. The third-order valence-corrected chi connectivity index (χ3v) is 12.5. The largest absolute Gasteiger partial charge is 0.310 e. The molecule has 0 aliphatic heterocycles. The molecule has 10 rings (SSSR count). The summed E-state index contributed by atoms with van der Waals surface area (Å²) in [6, 6.07) is 85.1. The van der Waals surface area contributed by atoms with Crippen molar-refractivity contribution in [2.45, 2.75) is 30.6 Å². The highest BCUT2D eigenvalue weighted by Crippen LogP contribution is 2.60. The van der Waals surface area contributed by atoms with Crippen LogP contribution in [0.25, 0.3) is 21.9 Å². The molecule has 0 heterocycles. The zero-order valence-corrected chi connectivity index (χ0v) is 32.7. The molecule has 0 saturated carbocycles. The first-order chi connectivity index (χ1) is 28.7. The van der Waals surface area contributed by atoms with E-state index in [1.807, 2.05) is 0 Å². The molecule has 2 atom stereocenters. The molecule has 0 saturated heterocycles. The standard InChI is InChI=1S/C57H45N/c1-41(52(43-24-10-3-11-25-43)38-42-22-8-2-9-23-42)53-40-55-56(50-35-21-20-34-49(50)53)51-37-36-48(58(46-30-16-6-17-31-46)47-32-18-7-19-33-47)39-54(51)57(55,44-26-12-4-13-27-44)45-28-14-5-15-29-45/h2-37,39-41,52H,38H2,1H3. The van der Waals surface area contributed by atoms with Crippen molar-refractivity contribution >= 4 is 27.8 Å². The van der Waals surface area contributed by atoms with E-state index in [0.717, 1.165) is 23.5 Å². The second kappa shape index (κ2) is 15.2. The van der Waals surface area contributed by atoms with E-state index in [-0.39, 0.29) is 11.8 Å². The number of hydrogen-bond acceptors (Lipinski definition) is 1.